The number of nitrogens with zero attached hydrogens (tertiary/aromatic N) is 2. The second-order valence-corrected chi connectivity index (χ2v) is 3.22. The van der Waals surface area contributed by atoms with E-state index in [-0.39, 0.29) is 21.2 Å². The summed E-state index contributed by atoms with van der Waals surface area (Å²) in [6.07, 6.45) is 0. The Hall–Kier alpha value is -1.22. The van der Waals surface area contributed by atoms with Gasteiger partial charge in [0.25, 0.3) is 0 Å². The zero-order valence-electron chi connectivity index (χ0n) is 19.2. The van der Waals surface area contributed by atoms with Crippen LogP contribution in [0.1, 0.15) is 20.6 Å². The van der Waals surface area contributed by atoms with Gasteiger partial charge in [0.2, 0.25) is 0 Å². The molecule has 0 radical (unpaired) electrons. The molecule has 0 unspecified atom stereocenters. The van der Waals surface area contributed by atoms with Gasteiger partial charge in [0, 0.05) is 47.0 Å². The van der Waals surface area contributed by atoms with Gasteiger partial charge < -0.3 is 15.5 Å². The van der Waals surface area contributed by atoms with E-state index in [1.807, 2.05) is 0 Å². The first kappa shape index (κ1) is 3.39. The van der Waals surface area contributed by atoms with E-state index in [0.717, 1.165) is 0 Å². The van der Waals surface area contributed by atoms with E-state index in [0.29, 0.717) is 5.56 Å². The van der Waals surface area contributed by atoms with Crippen molar-refractivity contribution in [2.75, 3.05) is 43.6 Å². The molecule has 82 valence electrons. The maximum atomic E-state index is 8.19. The number of anilines is 2. The molecule has 2 N–H and O–H groups in total. The molecule has 1 saturated heterocycles. The van der Waals surface area contributed by atoms with E-state index >= 15 is 0 Å². The molecule has 0 aromatic heterocycles. The zero-order chi connectivity index (χ0) is 20.5. The quantitative estimate of drug-likeness (QED) is 0.719. The Morgan fingerprint density at radius 1 is 1.27 bits per heavy atom. The maximum absolute atomic E-state index is 8.19. The average molecular weight is 216 g/mol. The second kappa shape index (κ2) is 4.11. The third-order valence-electron chi connectivity index (χ3n) is 1.89. The molecule has 0 aliphatic carbocycles. The first-order valence-electron chi connectivity index (χ1n) is 9.86. The molecule has 3 heteroatoms. The SMILES string of the molecule is [2H]C([2H])([2H])N1C([2H])([2H])C([2H])([2H])N(c2cc(C)cc(N)c2)C([2H])([2H])C1([2H])[2H]. The number of nitrogen functional groups attached to an aromatic ring is 1. The first-order chi connectivity index (χ1) is 11.4. The summed E-state index contributed by atoms with van der Waals surface area (Å²) in [6.45, 7) is -15.1. The van der Waals surface area contributed by atoms with Gasteiger partial charge in [0.05, 0.1) is 5.48 Å². The van der Waals surface area contributed by atoms with E-state index in [2.05, 4.69) is 0 Å². The minimum Gasteiger partial charge on any atom is -0.399 e. The summed E-state index contributed by atoms with van der Waals surface area (Å²) in [4.78, 5) is -0.0751. The number of piperazine rings is 1. The van der Waals surface area contributed by atoms with Crippen molar-refractivity contribution in [3.05, 3.63) is 23.8 Å². The minimum absolute atomic E-state index is 0.144. The molecule has 1 fully saturated rings. The van der Waals surface area contributed by atoms with Crippen LogP contribution in [0.3, 0.4) is 0 Å². The molecular formula is C12H19N3. The molecule has 0 bridgehead atoms. The fourth-order valence-corrected chi connectivity index (χ4v) is 1.31. The predicted molar refractivity (Wildman–Crippen MR) is 65.3 cm³/mol. The average Bonchev–Trinajstić information content (AvgIpc) is 2.31. The van der Waals surface area contributed by atoms with Crippen LogP contribution in [0.2, 0.25) is 0 Å². The van der Waals surface area contributed by atoms with Crippen LogP contribution in [0.25, 0.3) is 0 Å². The fraction of sp³-hybridized carbons (Fsp3) is 0.500. The lowest BCUT2D eigenvalue weighted by atomic mass is 10.1. The van der Waals surface area contributed by atoms with Gasteiger partial charge in [-0.05, 0) is 37.7 Å². The molecule has 0 saturated carbocycles. The highest BCUT2D eigenvalue weighted by molar-refractivity contribution is 5.58. The lowest BCUT2D eigenvalue weighted by Gasteiger charge is -2.34. The van der Waals surface area contributed by atoms with E-state index in [1.165, 1.54) is 18.2 Å². The standard InChI is InChI=1S/C12H19N3/c1-10-7-11(13)9-12(8-10)15-5-3-14(2)4-6-15/h7-9H,3-6,13H2,1-2H3/i2D3,3D2,4D2,5D2,6D2. The van der Waals surface area contributed by atoms with Gasteiger partial charge in [-0.2, -0.15) is 0 Å². The number of aryl methyl sites for hydroxylation is 1. The Kier molecular flexibility index (Phi) is 0.927. The van der Waals surface area contributed by atoms with Crippen molar-refractivity contribution < 1.29 is 15.1 Å². The Bertz CT molecular complexity index is 665. The van der Waals surface area contributed by atoms with Crippen molar-refractivity contribution in [3.63, 3.8) is 0 Å². The van der Waals surface area contributed by atoms with Crippen LogP contribution in [0, 0.1) is 6.92 Å². The van der Waals surface area contributed by atoms with Crippen molar-refractivity contribution in [1.82, 2.24) is 4.90 Å². The van der Waals surface area contributed by atoms with Crippen molar-refractivity contribution >= 4 is 11.4 Å². The molecule has 2 rings (SSSR count). The summed E-state index contributed by atoms with van der Waals surface area (Å²) in [5, 5.41) is 0. The summed E-state index contributed by atoms with van der Waals surface area (Å²) in [7, 11) is 0. The minimum atomic E-state index is -3.43. The summed E-state index contributed by atoms with van der Waals surface area (Å²) >= 11 is 0. The van der Waals surface area contributed by atoms with Crippen LogP contribution in [-0.2, 0) is 0 Å². The highest BCUT2D eigenvalue weighted by Gasteiger charge is 2.14. The molecule has 1 aromatic carbocycles. The van der Waals surface area contributed by atoms with E-state index < -0.39 is 33.0 Å². The Morgan fingerprint density at radius 3 is 2.60 bits per heavy atom. The van der Waals surface area contributed by atoms with Crippen LogP contribution in [0.15, 0.2) is 18.2 Å². The Morgan fingerprint density at radius 2 is 2.00 bits per heavy atom. The topological polar surface area (TPSA) is 32.5 Å². The normalized spacial score (nSPS) is 43.3. The molecule has 0 spiro atoms. The summed E-state index contributed by atoms with van der Waals surface area (Å²) in [6, 6.07) is 4.03. The van der Waals surface area contributed by atoms with Gasteiger partial charge in [0.15, 0.2) is 0 Å². The highest BCUT2D eigenvalue weighted by Crippen LogP contribution is 2.21. The molecular weight excluding hydrogens is 186 g/mol. The highest BCUT2D eigenvalue weighted by atomic mass is 15.2. The summed E-state index contributed by atoms with van der Waals surface area (Å²) in [5.74, 6) is 0. The van der Waals surface area contributed by atoms with Gasteiger partial charge in [-0.15, -0.1) is 0 Å². The van der Waals surface area contributed by atoms with Crippen LogP contribution < -0.4 is 10.6 Å². The predicted octanol–water partition coefficient (Wildman–Crippen LogP) is 1.33. The smallest absolute Gasteiger partial charge is 0.0506 e. The van der Waals surface area contributed by atoms with Crippen LogP contribution in [0.5, 0.6) is 0 Å². The Balaban J connectivity index is 2.83. The Labute approximate surface area is 107 Å². The summed E-state index contributed by atoms with van der Waals surface area (Å²) < 4.78 is 87.2. The number of hydrogen-bond donors (Lipinski definition) is 1. The summed E-state index contributed by atoms with van der Waals surface area (Å²) in [5.41, 5.74) is 6.18. The van der Waals surface area contributed by atoms with Crippen LogP contribution in [-0.4, -0.2) is 37.9 Å². The van der Waals surface area contributed by atoms with Gasteiger partial charge in [-0.3, -0.25) is 0 Å². The largest absolute Gasteiger partial charge is 0.399 e. The lowest BCUT2D eigenvalue weighted by Crippen LogP contribution is -2.44. The van der Waals surface area contributed by atoms with E-state index in [1.54, 1.807) is 6.92 Å². The number of benzene rings is 1. The van der Waals surface area contributed by atoms with Gasteiger partial charge in [-0.1, -0.05) is 0 Å². The number of hydrogen-bond acceptors (Lipinski definition) is 3. The van der Waals surface area contributed by atoms with Crippen molar-refractivity contribution in [2.24, 2.45) is 0 Å². The fourth-order valence-electron chi connectivity index (χ4n) is 1.31. The monoisotopic (exact) mass is 216 g/mol. The second-order valence-electron chi connectivity index (χ2n) is 3.22. The molecule has 1 aliphatic heterocycles. The van der Waals surface area contributed by atoms with Crippen LogP contribution in [0.4, 0.5) is 11.4 Å². The first-order valence-corrected chi connectivity index (χ1v) is 4.36. The van der Waals surface area contributed by atoms with E-state index in [4.69, 9.17) is 20.8 Å². The van der Waals surface area contributed by atoms with E-state index in [9.17, 15) is 0 Å². The lowest BCUT2D eigenvalue weighted by molar-refractivity contribution is 0.313. The maximum Gasteiger partial charge on any atom is 0.0506 e. The molecule has 0 amide bonds. The molecule has 1 aromatic rings. The van der Waals surface area contributed by atoms with Gasteiger partial charge in [-0.25, -0.2) is 0 Å². The molecule has 1 heterocycles. The molecule has 0 atom stereocenters. The zero-order valence-corrected chi connectivity index (χ0v) is 8.20. The van der Waals surface area contributed by atoms with Crippen molar-refractivity contribution in [2.45, 2.75) is 6.92 Å². The van der Waals surface area contributed by atoms with Gasteiger partial charge >= 0.3 is 0 Å². The number of nitrogens with two attached hydrogens (primary N) is 1. The molecule has 3 nitrogen and oxygen atoms in total. The van der Waals surface area contributed by atoms with Crippen molar-refractivity contribution in [3.8, 4) is 0 Å². The number of rotatable bonds is 1. The third-order valence-corrected chi connectivity index (χ3v) is 1.89. The van der Waals surface area contributed by atoms with Crippen molar-refractivity contribution in [1.29, 1.82) is 0 Å². The van der Waals surface area contributed by atoms with Gasteiger partial charge in [0.1, 0.15) is 0 Å². The molecule has 1 aliphatic rings. The number of likely N-dealkylation sites (N-methyl/N-ethyl adjacent to an activating group) is 1. The third kappa shape index (κ3) is 2.42. The van der Waals surface area contributed by atoms with Crippen LogP contribution >= 0.6 is 0 Å². The molecule has 15 heavy (non-hydrogen) atoms.